The van der Waals surface area contributed by atoms with Gasteiger partial charge >= 0.3 is 0 Å². The van der Waals surface area contributed by atoms with Crippen molar-refractivity contribution < 1.29 is 9.62 Å². The van der Waals surface area contributed by atoms with Gasteiger partial charge in [0, 0.05) is 10.9 Å². The Morgan fingerprint density at radius 3 is 2.93 bits per heavy atom. The van der Waals surface area contributed by atoms with Crippen molar-refractivity contribution in [3.05, 3.63) is 35.0 Å². The summed E-state index contributed by atoms with van der Waals surface area (Å²) in [5, 5.41) is 12.6. The monoisotopic (exact) mass is 210 g/mol. The minimum atomic E-state index is -0.0156. The molecule has 5 heteroatoms. The van der Waals surface area contributed by atoms with Crippen molar-refractivity contribution >= 4 is 28.4 Å². The fourth-order valence-corrected chi connectivity index (χ4v) is 1.58. The Morgan fingerprint density at radius 2 is 2.21 bits per heavy atom. The Morgan fingerprint density at radius 1 is 1.43 bits per heavy atom. The third-order valence-electron chi connectivity index (χ3n) is 1.95. The van der Waals surface area contributed by atoms with Gasteiger partial charge in [-0.3, -0.25) is 0 Å². The fourth-order valence-electron chi connectivity index (χ4n) is 1.26. The van der Waals surface area contributed by atoms with Gasteiger partial charge in [-0.1, -0.05) is 16.8 Å². The highest BCUT2D eigenvalue weighted by molar-refractivity contribution is 6.38. The van der Waals surface area contributed by atoms with Crippen molar-refractivity contribution in [2.75, 3.05) is 0 Å². The average Bonchev–Trinajstić information content (AvgIpc) is 2.66. The number of furan rings is 1. The van der Waals surface area contributed by atoms with Gasteiger partial charge in [0.2, 0.25) is 0 Å². The van der Waals surface area contributed by atoms with Crippen LogP contribution in [0.1, 0.15) is 5.56 Å². The number of oxime groups is 1. The molecule has 72 valence electrons. The van der Waals surface area contributed by atoms with Crippen LogP contribution in [0.2, 0.25) is 5.02 Å². The van der Waals surface area contributed by atoms with E-state index in [0.717, 1.165) is 5.39 Å². The van der Waals surface area contributed by atoms with E-state index < -0.39 is 0 Å². The van der Waals surface area contributed by atoms with E-state index in [1.807, 2.05) is 0 Å². The predicted molar refractivity (Wildman–Crippen MR) is 53.7 cm³/mol. The quantitative estimate of drug-likeness (QED) is 0.328. The topological polar surface area (TPSA) is 71.8 Å². The lowest BCUT2D eigenvalue weighted by molar-refractivity contribution is 0.318. The van der Waals surface area contributed by atoms with Crippen LogP contribution in [0, 0.1) is 0 Å². The standard InChI is InChI=1S/C9H7ClN2O2/c10-8-5-3-4-14-7(5)2-1-6(8)9(11)12-13/h1-4,13H,(H2,11,12). The van der Waals surface area contributed by atoms with Gasteiger partial charge in [0.05, 0.1) is 11.3 Å². The van der Waals surface area contributed by atoms with Gasteiger partial charge in [0.1, 0.15) is 5.58 Å². The van der Waals surface area contributed by atoms with Crippen LogP contribution in [0.3, 0.4) is 0 Å². The first-order valence-corrected chi connectivity index (χ1v) is 4.25. The maximum Gasteiger partial charge on any atom is 0.171 e. The molecule has 2 rings (SSSR count). The van der Waals surface area contributed by atoms with Crippen molar-refractivity contribution in [3.63, 3.8) is 0 Å². The summed E-state index contributed by atoms with van der Waals surface area (Å²) >= 11 is 6.02. The molecule has 0 saturated carbocycles. The average molecular weight is 211 g/mol. The SMILES string of the molecule is N/C(=N/O)c1ccc2occc2c1Cl. The molecule has 0 fully saturated rings. The Bertz CT molecular complexity index is 504. The lowest BCUT2D eigenvalue weighted by atomic mass is 10.1. The van der Waals surface area contributed by atoms with Gasteiger partial charge in [0.15, 0.2) is 5.84 Å². The Labute approximate surface area is 84.6 Å². The molecule has 0 amide bonds. The van der Waals surface area contributed by atoms with E-state index in [2.05, 4.69) is 5.16 Å². The smallest absolute Gasteiger partial charge is 0.171 e. The van der Waals surface area contributed by atoms with Crippen molar-refractivity contribution in [1.29, 1.82) is 0 Å². The Balaban J connectivity index is 2.74. The highest BCUT2D eigenvalue weighted by Crippen LogP contribution is 2.27. The Kier molecular flexibility index (Phi) is 2.05. The molecule has 14 heavy (non-hydrogen) atoms. The molecular weight excluding hydrogens is 204 g/mol. The number of hydrogen-bond donors (Lipinski definition) is 2. The highest BCUT2D eigenvalue weighted by Gasteiger charge is 2.10. The normalized spacial score (nSPS) is 12.2. The lowest BCUT2D eigenvalue weighted by Gasteiger charge is -2.01. The van der Waals surface area contributed by atoms with E-state index in [1.54, 1.807) is 18.2 Å². The number of hydrogen-bond acceptors (Lipinski definition) is 3. The number of nitrogens with zero attached hydrogens (tertiary/aromatic N) is 1. The molecule has 3 N–H and O–H groups in total. The zero-order chi connectivity index (χ0) is 10.1. The van der Waals surface area contributed by atoms with E-state index >= 15 is 0 Å². The largest absolute Gasteiger partial charge is 0.464 e. The van der Waals surface area contributed by atoms with Crippen molar-refractivity contribution in [2.24, 2.45) is 10.9 Å². The predicted octanol–water partition coefficient (Wildman–Crippen LogP) is 2.18. The van der Waals surface area contributed by atoms with E-state index in [0.29, 0.717) is 16.2 Å². The van der Waals surface area contributed by atoms with Gasteiger partial charge in [-0.2, -0.15) is 0 Å². The molecule has 0 aliphatic heterocycles. The molecule has 0 bridgehead atoms. The van der Waals surface area contributed by atoms with E-state index in [4.69, 9.17) is 27.0 Å². The number of halogens is 1. The zero-order valence-electron chi connectivity index (χ0n) is 7.07. The van der Waals surface area contributed by atoms with E-state index in [1.165, 1.54) is 6.26 Å². The minimum absolute atomic E-state index is 0.0156. The number of rotatable bonds is 1. The van der Waals surface area contributed by atoms with Crippen molar-refractivity contribution in [3.8, 4) is 0 Å². The third-order valence-corrected chi connectivity index (χ3v) is 2.36. The van der Waals surface area contributed by atoms with Crippen LogP contribution in [0.15, 0.2) is 34.0 Å². The second-order valence-electron chi connectivity index (χ2n) is 2.74. The third kappa shape index (κ3) is 1.20. The summed E-state index contributed by atoms with van der Waals surface area (Å²) in [6.07, 6.45) is 1.53. The van der Waals surface area contributed by atoms with E-state index in [9.17, 15) is 0 Å². The molecule has 2 aromatic rings. The van der Waals surface area contributed by atoms with Crippen molar-refractivity contribution in [2.45, 2.75) is 0 Å². The summed E-state index contributed by atoms with van der Waals surface area (Å²) in [5.41, 5.74) is 6.60. The minimum Gasteiger partial charge on any atom is -0.464 e. The first-order valence-electron chi connectivity index (χ1n) is 3.87. The van der Waals surface area contributed by atoms with Gasteiger partial charge in [0.25, 0.3) is 0 Å². The molecule has 0 aliphatic carbocycles. The maximum absolute atomic E-state index is 8.52. The summed E-state index contributed by atoms with van der Waals surface area (Å²) < 4.78 is 5.14. The molecule has 0 radical (unpaired) electrons. The van der Waals surface area contributed by atoms with Gasteiger partial charge in [-0.05, 0) is 18.2 Å². The Hall–Kier alpha value is -1.68. The van der Waals surface area contributed by atoms with Crippen LogP contribution in [-0.2, 0) is 0 Å². The number of amidine groups is 1. The fraction of sp³-hybridized carbons (Fsp3) is 0. The summed E-state index contributed by atoms with van der Waals surface area (Å²) in [7, 11) is 0. The summed E-state index contributed by atoms with van der Waals surface area (Å²) in [6.45, 7) is 0. The molecule has 4 nitrogen and oxygen atoms in total. The molecule has 1 aromatic carbocycles. The first-order chi connectivity index (χ1) is 6.74. The van der Waals surface area contributed by atoms with Crippen LogP contribution >= 0.6 is 11.6 Å². The van der Waals surface area contributed by atoms with Crippen LogP contribution in [0.5, 0.6) is 0 Å². The van der Waals surface area contributed by atoms with Gasteiger partial charge in [-0.25, -0.2) is 0 Å². The van der Waals surface area contributed by atoms with Gasteiger partial charge in [-0.15, -0.1) is 0 Å². The van der Waals surface area contributed by atoms with Crippen LogP contribution in [0.4, 0.5) is 0 Å². The zero-order valence-corrected chi connectivity index (χ0v) is 7.82. The number of nitrogens with two attached hydrogens (primary N) is 1. The molecule has 1 heterocycles. The maximum atomic E-state index is 8.52. The van der Waals surface area contributed by atoms with Crippen LogP contribution in [-0.4, -0.2) is 11.0 Å². The highest BCUT2D eigenvalue weighted by atomic mass is 35.5. The van der Waals surface area contributed by atoms with Crippen LogP contribution in [0.25, 0.3) is 11.0 Å². The molecule has 0 atom stereocenters. The number of fused-ring (bicyclic) bond motifs is 1. The summed E-state index contributed by atoms with van der Waals surface area (Å²) in [6, 6.07) is 5.09. The molecular formula is C9H7ClN2O2. The summed E-state index contributed by atoms with van der Waals surface area (Å²) in [4.78, 5) is 0. The second-order valence-corrected chi connectivity index (χ2v) is 3.12. The van der Waals surface area contributed by atoms with Crippen molar-refractivity contribution in [1.82, 2.24) is 0 Å². The molecule has 0 aliphatic rings. The molecule has 0 unspecified atom stereocenters. The number of benzene rings is 1. The molecule has 0 saturated heterocycles. The first kappa shape index (κ1) is 8.90. The molecule has 1 aromatic heterocycles. The lowest BCUT2D eigenvalue weighted by Crippen LogP contribution is -2.13. The van der Waals surface area contributed by atoms with Crippen LogP contribution < -0.4 is 5.73 Å². The molecule has 0 spiro atoms. The van der Waals surface area contributed by atoms with E-state index in [-0.39, 0.29) is 5.84 Å². The summed E-state index contributed by atoms with van der Waals surface area (Å²) in [5.74, 6) is -0.0156. The second kappa shape index (κ2) is 3.23. The van der Waals surface area contributed by atoms with Gasteiger partial charge < -0.3 is 15.4 Å².